The molecule has 1 fully saturated rings. The third-order valence-electron chi connectivity index (χ3n) is 4.81. The maximum absolute atomic E-state index is 13.2. The highest BCUT2D eigenvalue weighted by Crippen LogP contribution is 2.36. The fraction of sp³-hybridized carbons (Fsp3) is 0.250. The van der Waals surface area contributed by atoms with Crippen molar-refractivity contribution in [2.24, 2.45) is 0 Å². The highest BCUT2D eigenvalue weighted by atomic mass is 19.1. The van der Waals surface area contributed by atoms with Crippen LogP contribution in [0.1, 0.15) is 30.1 Å². The van der Waals surface area contributed by atoms with Gasteiger partial charge in [-0.2, -0.15) is 5.10 Å². The summed E-state index contributed by atoms with van der Waals surface area (Å²) in [6, 6.07) is 10.1. The molecule has 0 spiro atoms. The number of likely N-dealkylation sites (tertiary alicyclic amines) is 1. The lowest BCUT2D eigenvalue weighted by atomic mass is 10.0. The molecule has 3 aromatic rings. The minimum Gasteiger partial charge on any atom is -0.334 e. The van der Waals surface area contributed by atoms with Crippen molar-refractivity contribution in [3.05, 3.63) is 72.1 Å². The fourth-order valence-corrected chi connectivity index (χ4v) is 3.55. The summed E-state index contributed by atoms with van der Waals surface area (Å²) >= 11 is 0. The van der Waals surface area contributed by atoms with Crippen LogP contribution in [0, 0.1) is 5.82 Å². The molecule has 3 heterocycles. The SMILES string of the molecule is O=C(Cc1cccnc1)N1CCC[C@@H]1c1[nH]ncc1-c1ccc(F)cc1. The lowest BCUT2D eigenvalue weighted by molar-refractivity contribution is -0.131. The average molecular weight is 350 g/mol. The summed E-state index contributed by atoms with van der Waals surface area (Å²) in [7, 11) is 0. The van der Waals surface area contributed by atoms with E-state index in [0.29, 0.717) is 6.42 Å². The van der Waals surface area contributed by atoms with Gasteiger partial charge in [0, 0.05) is 24.5 Å². The van der Waals surface area contributed by atoms with Gasteiger partial charge in [-0.1, -0.05) is 18.2 Å². The Kier molecular flexibility index (Phi) is 4.48. The molecule has 4 rings (SSSR count). The van der Waals surface area contributed by atoms with Crippen molar-refractivity contribution in [3.63, 3.8) is 0 Å². The van der Waals surface area contributed by atoms with Gasteiger partial charge in [-0.15, -0.1) is 0 Å². The van der Waals surface area contributed by atoms with Gasteiger partial charge in [-0.3, -0.25) is 14.9 Å². The number of aromatic amines is 1. The third-order valence-corrected chi connectivity index (χ3v) is 4.81. The molecule has 0 radical (unpaired) electrons. The Balaban J connectivity index is 1.58. The van der Waals surface area contributed by atoms with E-state index < -0.39 is 0 Å². The predicted molar refractivity (Wildman–Crippen MR) is 95.6 cm³/mol. The van der Waals surface area contributed by atoms with Crippen LogP contribution in [0.5, 0.6) is 0 Å². The van der Waals surface area contributed by atoms with Crippen LogP contribution in [0.15, 0.2) is 55.0 Å². The van der Waals surface area contributed by atoms with Gasteiger partial charge < -0.3 is 4.90 Å². The molecular weight excluding hydrogens is 331 g/mol. The van der Waals surface area contributed by atoms with Crippen molar-refractivity contribution in [1.29, 1.82) is 0 Å². The Morgan fingerprint density at radius 2 is 2.08 bits per heavy atom. The van der Waals surface area contributed by atoms with Crippen molar-refractivity contribution in [2.45, 2.75) is 25.3 Å². The summed E-state index contributed by atoms with van der Waals surface area (Å²) < 4.78 is 13.2. The second-order valence-electron chi connectivity index (χ2n) is 6.49. The number of nitrogens with one attached hydrogen (secondary N) is 1. The van der Waals surface area contributed by atoms with E-state index in [9.17, 15) is 9.18 Å². The van der Waals surface area contributed by atoms with Crippen LogP contribution in [-0.2, 0) is 11.2 Å². The van der Waals surface area contributed by atoms with E-state index in [0.717, 1.165) is 41.8 Å². The molecule has 1 aliphatic heterocycles. The molecule has 6 heteroatoms. The Labute approximate surface area is 150 Å². The van der Waals surface area contributed by atoms with Gasteiger partial charge in [0.1, 0.15) is 5.82 Å². The smallest absolute Gasteiger partial charge is 0.227 e. The van der Waals surface area contributed by atoms with Crippen LogP contribution in [0.3, 0.4) is 0 Å². The van der Waals surface area contributed by atoms with Crippen LogP contribution in [0.25, 0.3) is 11.1 Å². The normalized spacial score (nSPS) is 16.8. The maximum Gasteiger partial charge on any atom is 0.227 e. The van der Waals surface area contributed by atoms with Crippen molar-refractivity contribution in [1.82, 2.24) is 20.1 Å². The lowest BCUT2D eigenvalue weighted by Gasteiger charge is -2.25. The molecule has 1 aliphatic rings. The first-order valence-corrected chi connectivity index (χ1v) is 8.70. The summed E-state index contributed by atoms with van der Waals surface area (Å²) in [4.78, 5) is 18.8. The molecular formula is C20H19FN4O. The van der Waals surface area contributed by atoms with Gasteiger partial charge in [-0.25, -0.2) is 4.39 Å². The first kappa shape index (κ1) is 16.4. The minimum absolute atomic E-state index is 0.0401. The van der Waals surface area contributed by atoms with Gasteiger partial charge in [0.15, 0.2) is 0 Å². The summed E-state index contributed by atoms with van der Waals surface area (Å²) in [5.74, 6) is -0.187. The van der Waals surface area contributed by atoms with Gasteiger partial charge in [0.25, 0.3) is 0 Å². The first-order valence-electron chi connectivity index (χ1n) is 8.70. The zero-order chi connectivity index (χ0) is 17.9. The Bertz CT molecular complexity index is 892. The van der Waals surface area contributed by atoms with Crippen LogP contribution >= 0.6 is 0 Å². The number of benzene rings is 1. The van der Waals surface area contributed by atoms with Crippen molar-refractivity contribution in [2.75, 3.05) is 6.54 Å². The first-order chi connectivity index (χ1) is 12.7. The molecule has 1 aromatic carbocycles. The number of nitrogens with zero attached hydrogens (tertiary/aromatic N) is 3. The van der Waals surface area contributed by atoms with Crippen molar-refractivity contribution in [3.8, 4) is 11.1 Å². The molecule has 0 saturated carbocycles. The fourth-order valence-electron chi connectivity index (χ4n) is 3.55. The molecule has 1 saturated heterocycles. The monoisotopic (exact) mass is 350 g/mol. The molecule has 0 unspecified atom stereocenters. The molecule has 1 N–H and O–H groups in total. The number of amides is 1. The average Bonchev–Trinajstić information content (AvgIpc) is 3.32. The van der Waals surface area contributed by atoms with E-state index in [1.54, 1.807) is 30.7 Å². The molecule has 5 nitrogen and oxygen atoms in total. The Morgan fingerprint density at radius 3 is 2.85 bits per heavy atom. The molecule has 2 aromatic heterocycles. The second kappa shape index (κ2) is 7.07. The summed E-state index contributed by atoms with van der Waals surface area (Å²) in [5.41, 5.74) is 3.62. The van der Waals surface area contributed by atoms with Crippen molar-refractivity contribution >= 4 is 5.91 Å². The van der Waals surface area contributed by atoms with Crippen LogP contribution < -0.4 is 0 Å². The molecule has 26 heavy (non-hydrogen) atoms. The third kappa shape index (κ3) is 3.22. The van der Waals surface area contributed by atoms with Crippen LogP contribution in [-0.4, -0.2) is 32.5 Å². The molecule has 1 amide bonds. The van der Waals surface area contributed by atoms with Gasteiger partial charge in [-0.05, 0) is 42.2 Å². The number of H-pyrrole nitrogens is 1. The second-order valence-corrected chi connectivity index (χ2v) is 6.49. The predicted octanol–water partition coefficient (Wildman–Crippen LogP) is 3.52. The Hall–Kier alpha value is -3.02. The number of hydrogen-bond donors (Lipinski definition) is 1. The number of carbonyl (C=O) groups is 1. The molecule has 132 valence electrons. The number of carbonyl (C=O) groups excluding carboxylic acids is 1. The number of aromatic nitrogens is 3. The summed E-state index contributed by atoms with van der Waals surface area (Å²) in [6.45, 7) is 0.728. The van der Waals surface area contributed by atoms with Crippen LogP contribution in [0.4, 0.5) is 4.39 Å². The van der Waals surface area contributed by atoms with Gasteiger partial charge in [0.2, 0.25) is 5.91 Å². The topological polar surface area (TPSA) is 61.9 Å². The van der Waals surface area contributed by atoms with E-state index in [4.69, 9.17) is 0 Å². The van der Waals surface area contributed by atoms with E-state index >= 15 is 0 Å². The van der Waals surface area contributed by atoms with Crippen LogP contribution in [0.2, 0.25) is 0 Å². The quantitative estimate of drug-likeness (QED) is 0.783. The standard InChI is InChI=1S/C20H19FN4O/c21-16-7-5-15(6-8-16)17-13-23-24-20(17)18-4-2-10-25(18)19(26)11-14-3-1-9-22-12-14/h1,3,5-9,12-13,18H,2,4,10-11H2,(H,23,24)/t18-/m1/s1. The number of pyridine rings is 1. The molecule has 0 aliphatic carbocycles. The van der Waals surface area contributed by atoms with E-state index in [2.05, 4.69) is 15.2 Å². The summed E-state index contributed by atoms with van der Waals surface area (Å²) in [6.07, 6.45) is 7.34. The number of hydrogen-bond acceptors (Lipinski definition) is 3. The highest BCUT2D eigenvalue weighted by molar-refractivity contribution is 5.80. The minimum atomic E-state index is -0.270. The maximum atomic E-state index is 13.2. The Morgan fingerprint density at radius 1 is 1.23 bits per heavy atom. The largest absolute Gasteiger partial charge is 0.334 e. The van der Waals surface area contributed by atoms with Gasteiger partial charge >= 0.3 is 0 Å². The highest BCUT2D eigenvalue weighted by Gasteiger charge is 2.32. The zero-order valence-electron chi connectivity index (χ0n) is 14.2. The lowest BCUT2D eigenvalue weighted by Crippen LogP contribution is -2.32. The summed E-state index contributed by atoms with van der Waals surface area (Å²) in [5, 5.41) is 7.24. The molecule has 1 atom stereocenters. The van der Waals surface area contributed by atoms with E-state index in [1.165, 1.54) is 12.1 Å². The van der Waals surface area contributed by atoms with E-state index in [-0.39, 0.29) is 17.8 Å². The zero-order valence-corrected chi connectivity index (χ0v) is 14.2. The van der Waals surface area contributed by atoms with E-state index in [1.807, 2.05) is 17.0 Å². The molecule has 0 bridgehead atoms. The number of rotatable bonds is 4. The number of halogens is 1. The van der Waals surface area contributed by atoms with Crippen molar-refractivity contribution < 1.29 is 9.18 Å². The van der Waals surface area contributed by atoms with Gasteiger partial charge in [0.05, 0.1) is 24.4 Å².